The first kappa shape index (κ1) is 11.7. The lowest BCUT2D eigenvalue weighted by Crippen LogP contribution is -1.88. The maximum absolute atomic E-state index is 5.15. The van der Waals surface area contributed by atoms with Crippen molar-refractivity contribution >= 4 is 32.2 Å². The molecule has 2 heterocycles. The number of halogens is 1. The van der Waals surface area contributed by atoms with Gasteiger partial charge in [-0.2, -0.15) is 0 Å². The van der Waals surface area contributed by atoms with Crippen molar-refractivity contribution in [1.82, 2.24) is 14.6 Å². The molecule has 92 valence electrons. The summed E-state index contributed by atoms with van der Waals surface area (Å²) in [5, 5.41) is 4.36. The molecule has 0 amide bonds. The predicted molar refractivity (Wildman–Crippen MR) is 75.3 cm³/mol. The van der Waals surface area contributed by atoms with Gasteiger partial charge in [0, 0.05) is 5.56 Å². The number of benzene rings is 1. The highest BCUT2D eigenvalue weighted by molar-refractivity contribution is 9.11. The van der Waals surface area contributed by atoms with E-state index in [0.29, 0.717) is 0 Å². The van der Waals surface area contributed by atoms with Gasteiger partial charge in [-0.15, -0.1) is 5.10 Å². The van der Waals surface area contributed by atoms with Crippen LogP contribution in [0.1, 0.15) is 5.69 Å². The lowest BCUT2D eigenvalue weighted by molar-refractivity contribution is 0.415. The van der Waals surface area contributed by atoms with Crippen molar-refractivity contribution < 1.29 is 4.74 Å². The SMILES string of the molecule is COc1ccc(-c2nc3sc(Br)nn3c2C)cc1. The molecular formula is C12H10BrN3OS. The van der Waals surface area contributed by atoms with Crippen molar-refractivity contribution in [3.05, 3.63) is 33.9 Å². The van der Waals surface area contributed by atoms with Gasteiger partial charge in [-0.05, 0) is 47.1 Å². The first-order chi connectivity index (χ1) is 8.69. The van der Waals surface area contributed by atoms with E-state index in [4.69, 9.17) is 4.74 Å². The van der Waals surface area contributed by atoms with Crippen LogP contribution in [0, 0.1) is 6.92 Å². The summed E-state index contributed by atoms with van der Waals surface area (Å²) >= 11 is 4.89. The van der Waals surface area contributed by atoms with Crippen LogP contribution < -0.4 is 4.74 Å². The van der Waals surface area contributed by atoms with Gasteiger partial charge in [0.15, 0.2) is 3.92 Å². The number of hydrogen-bond acceptors (Lipinski definition) is 4. The van der Waals surface area contributed by atoms with E-state index in [1.807, 2.05) is 35.7 Å². The molecule has 2 aromatic heterocycles. The number of nitrogens with zero attached hydrogens (tertiary/aromatic N) is 3. The van der Waals surface area contributed by atoms with Crippen LogP contribution in [-0.2, 0) is 0 Å². The average Bonchev–Trinajstić information content (AvgIpc) is 2.88. The summed E-state index contributed by atoms with van der Waals surface area (Å²) in [7, 11) is 1.66. The molecule has 0 N–H and O–H groups in total. The molecule has 0 spiro atoms. The molecule has 1 aromatic carbocycles. The summed E-state index contributed by atoms with van der Waals surface area (Å²) in [6, 6.07) is 7.89. The molecule has 0 atom stereocenters. The van der Waals surface area contributed by atoms with Crippen LogP contribution in [0.15, 0.2) is 28.2 Å². The second-order valence-corrected chi connectivity index (χ2v) is 6.06. The maximum atomic E-state index is 5.15. The molecule has 0 aliphatic rings. The largest absolute Gasteiger partial charge is 0.497 e. The van der Waals surface area contributed by atoms with E-state index in [0.717, 1.165) is 31.6 Å². The molecule has 6 heteroatoms. The van der Waals surface area contributed by atoms with E-state index in [1.54, 1.807) is 7.11 Å². The number of aromatic nitrogens is 3. The van der Waals surface area contributed by atoms with Gasteiger partial charge < -0.3 is 4.74 Å². The van der Waals surface area contributed by atoms with Crippen LogP contribution in [0.4, 0.5) is 0 Å². The topological polar surface area (TPSA) is 39.4 Å². The van der Waals surface area contributed by atoms with Gasteiger partial charge in [-0.25, -0.2) is 9.50 Å². The molecule has 0 radical (unpaired) electrons. The van der Waals surface area contributed by atoms with Gasteiger partial charge in [0.2, 0.25) is 4.96 Å². The fourth-order valence-electron chi connectivity index (χ4n) is 1.85. The Hall–Kier alpha value is -1.40. The molecule has 4 nitrogen and oxygen atoms in total. The number of aryl methyl sites for hydroxylation is 1. The van der Waals surface area contributed by atoms with E-state index in [1.165, 1.54) is 11.3 Å². The highest BCUT2D eigenvalue weighted by Crippen LogP contribution is 2.28. The molecule has 0 unspecified atom stereocenters. The summed E-state index contributed by atoms with van der Waals surface area (Å²) in [6.45, 7) is 2.02. The van der Waals surface area contributed by atoms with Gasteiger partial charge in [0.05, 0.1) is 18.5 Å². The highest BCUT2D eigenvalue weighted by atomic mass is 79.9. The third-order valence-electron chi connectivity index (χ3n) is 2.77. The van der Waals surface area contributed by atoms with Crippen LogP contribution in [-0.4, -0.2) is 21.7 Å². The Morgan fingerprint density at radius 3 is 2.61 bits per heavy atom. The van der Waals surface area contributed by atoms with E-state index < -0.39 is 0 Å². The Bertz CT molecular complexity index is 702. The molecule has 0 saturated heterocycles. The molecular weight excluding hydrogens is 314 g/mol. The zero-order chi connectivity index (χ0) is 12.7. The Balaban J connectivity index is 2.12. The van der Waals surface area contributed by atoms with E-state index in [9.17, 15) is 0 Å². The zero-order valence-electron chi connectivity index (χ0n) is 9.85. The van der Waals surface area contributed by atoms with Crippen LogP contribution in [0.5, 0.6) is 5.75 Å². The third kappa shape index (κ3) is 1.81. The molecule has 0 aliphatic heterocycles. The second kappa shape index (κ2) is 4.37. The van der Waals surface area contributed by atoms with Crippen molar-refractivity contribution in [1.29, 1.82) is 0 Å². The summed E-state index contributed by atoms with van der Waals surface area (Å²) in [6.07, 6.45) is 0. The van der Waals surface area contributed by atoms with E-state index in [-0.39, 0.29) is 0 Å². The van der Waals surface area contributed by atoms with Crippen LogP contribution in [0.25, 0.3) is 16.2 Å². The number of methoxy groups -OCH3 is 1. The molecule has 0 fully saturated rings. The minimum absolute atomic E-state index is 0.842. The van der Waals surface area contributed by atoms with Gasteiger partial charge in [-0.1, -0.05) is 11.3 Å². The lowest BCUT2D eigenvalue weighted by Gasteiger charge is -2.01. The smallest absolute Gasteiger partial charge is 0.213 e. The average molecular weight is 324 g/mol. The van der Waals surface area contributed by atoms with Crippen LogP contribution in [0.3, 0.4) is 0 Å². The van der Waals surface area contributed by atoms with Gasteiger partial charge in [0.1, 0.15) is 5.75 Å². The van der Waals surface area contributed by atoms with Crippen molar-refractivity contribution in [2.24, 2.45) is 0 Å². The zero-order valence-corrected chi connectivity index (χ0v) is 12.2. The van der Waals surface area contributed by atoms with Crippen molar-refractivity contribution in [2.75, 3.05) is 7.11 Å². The first-order valence-corrected chi connectivity index (χ1v) is 6.96. The minimum atomic E-state index is 0.842. The third-order valence-corrected chi connectivity index (χ3v) is 4.11. The quantitative estimate of drug-likeness (QED) is 0.724. The lowest BCUT2D eigenvalue weighted by atomic mass is 10.1. The highest BCUT2D eigenvalue weighted by Gasteiger charge is 2.13. The Kier molecular flexibility index (Phi) is 2.83. The van der Waals surface area contributed by atoms with E-state index in [2.05, 4.69) is 26.0 Å². The van der Waals surface area contributed by atoms with Crippen molar-refractivity contribution in [2.45, 2.75) is 6.92 Å². The molecule has 0 saturated carbocycles. The molecule has 3 rings (SSSR count). The number of hydrogen-bond donors (Lipinski definition) is 0. The normalized spacial score (nSPS) is 11.1. The molecule has 0 aliphatic carbocycles. The monoisotopic (exact) mass is 323 g/mol. The summed E-state index contributed by atoms with van der Waals surface area (Å²) < 4.78 is 7.85. The summed E-state index contributed by atoms with van der Waals surface area (Å²) in [4.78, 5) is 5.50. The standard InChI is InChI=1S/C12H10BrN3OS/c1-7-10(8-3-5-9(17-2)6-4-8)14-12-16(7)15-11(13)18-12/h3-6H,1-2H3. The Labute approximate surface area is 116 Å². The minimum Gasteiger partial charge on any atom is -0.497 e. The number of rotatable bonds is 2. The van der Waals surface area contributed by atoms with Gasteiger partial charge in [-0.3, -0.25) is 0 Å². The Morgan fingerprint density at radius 1 is 1.28 bits per heavy atom. The molecule has 0 bridgehead atoms. The molecule has 18 heavy (non-hydrogen) atoms. The van der Waals surface area contributed by atoms with Crippen LogP contribution >= 0.6 is 27.3 Å². The van der Waals surface area contributed by atoms with Crippen LogP contribution in [0.2, 0.25) is 0 Å². The van der Waals surface area contributed by atoms with Gasteiger partial charge in [0.25, 0.3) is 0 Å². The first-order valence-electron chi connectivity index (χ1n) is 5.35. The number of ether oxygens (including phenoxy) is 1. The maximum Gasteiger partial charge on any atom is 0.213 e. The van der Waals surface area contributed by atoms with Gasteiger partial charge >= 0.3 is 0 Å². The summed E-state index contributed by atoms with van der Waals surface area (Å²) in [5.74, 6) is 0.846. The van der Waals surface area contributed by atoms with E-state index >= 15 is 0 Å². The summed E-state index contributed by atoms with van der Waals surface area (Å²) in [5.41, 5.74) is 3.07. The predicted octanol–water partition coefficient (Wildman–Crippen LogP) is 3.54. The fourth-order valence-corrected chi connectivity index (χ4v) is 3.12. The second-order valence-electron chi connectivity index (χ2n) is 3.82. The number of imidazole rings is 1. The number of fused-ring (bicyclic) bond motifs is 1. The fraction of sp³-hybridized carbons (Fsp3) is 0.167. The van der Waals surface area contributed by atoms with Crippen molar-refractivity contribution in [3.63, 3.8) is 0 Å². The Morgan fingerprint density at radius 2 is 2.00 bits per heavy atom. The van der Waals surface area contributed by atoms with Crippen molar-refractivity contribution in [3.8, 4) is 17.0 Å². The molecule has 3 aromatic rings.